The molecule has 4 heteroatoms. The van der Waals surface area contributed by atoms with Gasteiger partial charge >= 0.3 is 0 Å². The Kier molecular flexibility index (Phi) is 4.80. The fourth-order valence-electron chi connectivity index (χ4n) is 2.30. The molecule has 2 heterocycles. The lowest BCUT2D eigenvalue weighted by atomic mass is 10.1. The minimum atomic E-state index is 0.917. The van der Waals surface area contributed by atoms with E-state index in [0.29, 0.717) is 0 Å². The third-order valence-corrected chi connectivity index (χ3v) is 4.35. The van der Waals surface area contributed by atoms with Crippen molar-refractivity contribution in [3.8, 4) is 0 Å². The second-order valence-electron chi connectivity index (χ2n) is 4.86. The second kappa shape index (κ2) is 6.36. The van der Waals surface area contributed by atoms with E-state index in [2.05, 4.69) is 29.0 Å². The van der Waals surface area contributed by atoms with Gasteiger partial charge in [0.2, 0.25) is 0 Å². The van der Waals surface area contributed by atoms with Gasteiger partial charge < -0.3 is 5.32 Å². The molecule has 1 aromatic rings. The molecule has 1 aliphatic heterocycles. The molecule has 1 aliphatic rings. The van der Waals surface area contributed by atoms with Crippen LogP contribution in [0.15, 0.2) is 6.20 Å². The third-order valence-electron chi connectivity index (χ3n) is 3.41. The van der Waals surface area contributed by atoms with E-state index >= 15 is 0 Å². The van der Waals surface area contributed by atoms with Crippen molar-refractivity contribution in [2.45, 2.75) is 39.7 Å². The second-order valence-corrected chi connectivity index (χ2v) is 5.97. The number of likely N-dealkylation sites (tertiary alicyclic amines) is 1. The van der Waals surface area contributed by atoms with Crippen molar-refractivity contribution >= 4 is 16.5 Å². The molecule has 1 N–H and O–H groups in total. The first-order chi connectivity index (χ1) is 8.31. The molecule has 1 fully saturated rings. The average molecular weight is 253 g/mol. The quantitative estimate of drug-likeness (QED) is 0.844. The van der Waals surface area contributed by atoms with Crippen molar-refractivity contribution in [3.05, 3.63) is 11.1 Å². The summed E-state index contributed by atoms with van der Waals surface area (Å²) in [6.07, 6.45) is 5.87. The van der Waals surface area contributed by atoms with Crippen LogP contribution in [0.3, 0.4) is 0 Å². The van der Waals surface area contributed by atoms with Crippen molar-refractivity contribution in [2.75, 3.05) is 25.0 Å². The minimum Gasteiger partial charge on any atom is -0.362 e. The summed E-state index contributed by atoms with van der Waals surface area (Å²) in [7, 11) is 0. The van der Waals surface area contributed by atoms with Crippen LogP contribution in [-0.4, -0.2) is 29.5 Å². The molecule has 0 amide bonds. The molecule has 0 saturated carbocycles. The molecular formula is C13H23N3S. The molecule has 2 rings (SSSR count). The summed E-state index contributed by atoms with van der Waals surface area (Å²) in [6.45, 7) is 9.11. The van der Waals surface area contributed by atoms with Crippen LogP contribution >= 0.6 is 11.3 Å². The van der Waals surface area contributed by atoms with Gasteiger partial charge in [-0.05, 0) is 25.3 Å². The van der Waals surface area contributed by atoms with Gasteiger partial charge in [0.15, 0.2) is 5.13 Å². The van der Waals surface area contributed by atoms with Crippen molar-refractivity contribution in [1.29, 1.82) is 0 Å². The van der Waals surface area contributed by atoms with Crippen LogP contribution in [0.4, 0.5) is 5.13 Å². The van der Waals surface area contributed by atoms with E-state index in [9.17, 15) is 0 Å². The molecule has 0 radical (unpaired) electrons. The first-order valence-electron chi connectivity index (χ1n) is 6.72. The number of hydrogen-bond donors (Lipinski definition) is 1. The van der Waals surface area contributed by atoms with Crippen LogP contribution in [0, 0.1) is 5.92 Å². The Morgan fingerprint density at radius 2 is 2.41 bits per heavy atom. The number of nitrogens with one attached hydrogen (secondary N) is 1. The number of rotatable bonds is 6. The summed E-state index contributed by atoms with van der Waals surface area (Å²) in [4.78, 5) is 8.37. The van der Waals surface area contributed by atoms with Crippen molar-refractivity contribution in [3.63, 3.8) is 0 Å². The maximum atomic E-state index is 4.42. The largest absolute Gasteiger partial charge is 0.362 e. The molecule has 3 nitrogen and oxygen atoms in total. The highest BCUT2D eigenvalue weighted by Gasteiger charge is 2.21. The number of thiazole rings is 1. The summed E-state index contributed by atoms with van der Waals surface area (Å²) in [5.74, 6) is 0.917. The summed E-state index contributed by atoms with van der Waals surface area (Å²) >= 11 is 1.80. The van der Waals surface area contributed by atoms with Gasteiger partial charge in [0.25, 0.3) is 0 Å². The number of nitrogens with zero attached hydrogens (tertiary/aromatic N) is 2. The lowest BCUT2D eigenvalue weighted by Gasteiger charge is -2.13. The fourth-order valence-corrected chi connectivity index (χ4v) is 3.18. The molecule has 0 aromatic carbocycles. The van der Waals surface area contributed by atoms with E-state index in [0.717, 1.165) is 30.6 Å². The maximum absolute atomic E-state index is 4.42. The number of aromatic nitrogens is 1. The normalized spacial score (nSPS) is 20.9. The van der Waals surface area contributed by atoms with Gasteiger partial charge in [-0.2, -0.15) is 0 Å². The predicted octanol–water partition coefficient (Wildman–Crippen LogP) is 3.20. The van der Waals surface area contributed by atoms with Crippen LogP contribution in [0.25, 0.3) is 0 Å². The molecular weight excluding hydrogens is 230 g/mol. The highest BCUT2D eigenvalue weighted by Crippen LogP contribution is 2.24. The van der Waals surface area contributed by atoms with Crippen molar-refractivity contribution in [2.24, 2.45) is 5.92 Å². The first kappa shape index (κ1) is 12.8. The zero-order valence-corrected chi connectivity index (χ0v) is 11.7. The smallest absolute Gasteiger partial charge is 0.182 e. The molecule has 1 aromatic heterocycles. The predicted molar refractivity (Wildman–Crippen MR) is 74.6 cm³/mol. The monoisotopic (exact) mass is 253 g/mol. The van der Waals surface area contributed by atoms with Gasteiger partial charge in [-0.25, -0.2) is 4.98 Å². The first-order valence-corrected chi connectivity index (χ1v) is 7.54. The number of anilines is 1. The van der Waals surface area contributed by atoms with E-state index in [1.165, 1.54) is 30.8 Å². The standard InChI is InChI=1S/C13H23N3S/c1-3-6-14-13-15-8-12(17-13)10-16-7-5-11(4-2)9-16/h8,11H,3-7,9-10H2,1-2H3,(H,14,15). The fraction of sp³-hybridized carbons (Fsp3) is 0.769. The van der Waals surface area contributed by atoms with E-state index in [4.69, 9.17) is 0 Å². The Hall–Kier alpha value is -0.610. The summed E-state index contributed by atoms with van der Waals surface area (Å²) in [6, 6.07) is 0. The summed E-state index contributed by atoms with van der Waals surface area (Å²) in [5, 5.41) is 4.43. The Morgan fingerprint density at radius 1 is 1.53 bits per heavy atom. The molecule has 1 atom stereocenters. The van der Waals surface area contributed by atoms with Crippen LogP contribution < -0.4 is 5.32 Å². The molecule has 1 unspecified atom stereocenters. The van der Waals surface area contributed by atoms with Gasteiger partial charge in [0.1, 0.15) is 0 Å². The van der Waals surface area contributed by atoms with Crippen molar-refractivity contribution < 1.29 is 0 Å². The highest BCUT2D eigenvalue weighted by molar-refractivity contribution is 7.15. The molecule has 17 heavy (non-hydrogen) atoms. The Morgan fingerprint density at radius 3 is 3.12 bits per heavy atom. The lowest BCUT2D eigenvalue weighted by molar-refractivity contribution is 0.318. The van der Waals surface area contributed by atoms with E-state index in [1.807, 2.05) is 6.20 Å². The molecule has 0 bridgehead atoms. The van der Waals surface area contributed by atoms with Gasteiger partial charge in [-0.15, -0.1) is 11.3 Å². The highest BCUT2D eigenvalue weighted by atomic mass is 32.1. The Labute approximate surface area is 108 Å². The molecule has 96 valence electrons. The van der Waals surface area contributed by atoms with Gasteiger partial charge in [0.05, 0.1) is 0 Å². The zero-order chi connectivity index (χ0) is 12.1. The topological polar surface area (TPSA) is 28.2 Å². The van der Waals surface area contributed by atoms with Crippen LogP contribution in [0.2, 0.25) is 0 Å². The van der Waals surface area contributed by atoms with E-state index < -0.39 is 0 Å². The molecule has 0 spiro atoms. The van der Waals surface area contributed by atoms with Crippen LogP contribution in [-0.2, 0) is 6.54 Å². The minimum absolute atomic E-state index is 0.917. The van der Waals surface area contributed by atoms with Crippen molar-refractivity contribution in [1.82, 2.24) is 9.88 Å². The Balaban J connectivity index is 1.80. The molecule has 0 aliphatic carbocycles. The van der Waals surface area contributed by atoms with Crippen LogP contribution in [0.1, 0.15) is 38.0 Å². The van der Waals surface area contributed by atoms with Crippen LogP contribution in [0.5, 0.6) is 0 Å². The summed E-state index contributed by atoms with van der Waals surface area (Å²) in [5.41, 5.74) is 0. The van der Waals surface area contributed by atoms with Gasteiger partial charge in [-0.1, -0.05) is 20.3 Å². The van der Waals surface area contributed by atoms with E-state index in [-0.39, 0.29) is 0 Å². The van der Waals surface area contributed by atoms with Gasteiger partial charge in [-0.3, -0.25) is 4.90 Å². The average Bonchev–Trinajstić information content (AvgIpc) is 2.96. The lowest BCUT2D eigenvalue weighted by Crippen LogP contribution is -2.19. The summed E-state index contributed by atoms with van der Waals surface area (Å²) < 4.78 is 0. The maximum Gasteiger partial charge on any atom is 0.182 e. The zero-order valence-electron chi connectivity index (χ0n) is 10.9. The van der Waals surface area contributed by atoms with Gasteiger partial charge in [0, 0.05) is 30.7 Å². The van der Waals surface area contributed by atoms with E-state index in [1.54, 1.807) is 11.3 Å². The third kappa shape index (κ3) is 3.68. The molecule has 1 saturated heterocycles. The SMILES string of the molecule is CCCNc1ncc(CN2CCC(CC)C2)s1. The number of hydrogen-bond acceptors (Lipinski definition) is 4. The Bertz CT molecular complexity index is 337.